The Morgan fingerprint density at radius 3 is 2.38 bits per heavy atom. The molecule has 0 saturated heterocycles. The fraction of sp³-hybridized carbons (Fsp3) is 0.130. The number of ether oxygens (including phenoxy) is 1. The van der Waals surface area contributed by atoms with Gasteiger partial charge in [0.1, 0.15) is 12.4 Å². The van der Waals surface area contributed by atoms with Crippen LogP contribution < -0.4 is 16.2 Å². The summed E-state index contributed by atoms with van der Waals surface area (Å²) in [6.45, 7) is 0.340. The maximum atomic E-state index is 11.4. The van der Waals surface area contributed by atoms with E-state index in [1.807, 2.05) is 72.8 Å². The van der Waals surface area contributed by atoms with E-state index in [1.165, 1.54) is 0 Å². The lowest BCUT2D eigenvalue weighted by Gasteiger charge is -2.17. The van der Waals surface area contributed by atoms with E-state index in [0.717, 1.165) is 16.7 Å². The summed E-state index contributed by atoms with van der Waals surface area (Å²) in [6, 6.07) is 24.6. The van der Waals surface area contributed by atoms with Crippen molar-refractivity contribution in [3.05, 3.63) is 95.6 Å². The zero-order valence-electron chi connectivity index (χ0n) is 15.9. The maximum absolute atomic E-state index is 11.4. The summed E-state index contributed by atoms with van der Waals surface area (Å²) in [5.74, 6) is -0.425. The normalized spacial score (nSPS) is 11.4. The fourth-order valence-electron chi connectivity index (χ4n) is 3.14. The molecule has 1 unspecified atom stereocenters. The van der Waals surface area contributed by atoms with E-state index in [2.05, 4.69) is 4.99 Å². The number of aliphatic imine (C=N–C) groups is 1. The molecule has 0 heterocycles. The van der Waals surface area contributed by atoms with Crippen LogP contribution in [0.15, 0.2) is 83.9 Å². The van der Waals surface area contributed by atoms with Crippen LogP contribution in [0, 0.1) is 0 Å². The second-order valence-electron chi connectivity index (χ2n) is 6.63. The molecule has 3 aromatic rings. The molecule has 0 saturated carbocycles. The van der Waals surface area contributed by atoms with Gasteiger partial charge in [-0.05, 0) is 41.0 Å². The zero-order valence-corrected chi connectivity index (χ0v) is 15.9. The molecule has 0 aliphatic rings. The number of carbonyl (C=O) groups is 1. The first kappa shape index (κ1) is 19.9. The van der Waals surface area contributed by atoms with Crippen LogP contribution in [-0.2, 0) is 11.4 Å². The molecule has 0 spiro atoms. The lowest BCUT2D eigenvalue weighted by molar-refractivity contribution is -0.137. The van der Waals surface area contributed by atoms with Crippen molar-refractivity contribution in [3.8, 4) is 5.75 Å². The summed E-state index contributed by atoms with van der Waals surface area (Å²) in [7, 11) is 0. The lowest BCUT2D eigenvalue weighted by atomic mass is 9.88. The Kier molecular flexibility index (Phi) is 6.47. The van der Waals surface area contributed by atoms with Gasteiger partial charge in [-0.15, -0.1) is 0 Å². The van der Waals surface area contributed by atoms with Crippen LogP contribution in [0.25, 0.3) is 0 Å². The van der Waals surface area contributed by atoms with Crippen molar-refractivity contribution in [3.63, 3.8) is 0 Å². The zero-order chi connectivity index (χ0) is 20.6. The third kappa shape index (κ3) is 5.84. The molecule has 6 nitrogen and oxygen atoms in total. The highest BCUT2D eigenvalue weighted by Gasteiger charge is 2.18. The van der Waals surface area contributed by atoms with E-state index < -0.39 is 5.97 Å². The molecule has 3 aromatic carbocycles. The standard InChI is InChI=1S/C23H23N3O3/c24-23(25)26-19-10-4-6-16(12-19)15-29-20-11-5-9-18(13-20)21(14-22(27)28)17-7-2-1-3-8-17/h1-13,21H,14-15H2,(H,27,28)(H4,24,25,26). The highest BCUT2D eigenvalue weighted by molar-refractivity contribution is 5.79. The van der Waals surface area contributed by atoms with Crippen molar-refractivity contribution in [2.24, 2.45) is 16.5 Å². The molecule has 0 aliphatic carbocycles. The van der Waals surface area contributed by atoms with Gasteiger partial charge in [0, 0.05) is 5.92 Å². The molecule has 29 heavy (non-hydrogen) atoms. The van der Waals surface area contributed by atoms with Crippen molar-refractivity contribution in [1.82, 2.24) is 0 Å². The molecule has 0 fully saturated rings. The van der Waals surface area contributed by atoms with Gasteiger partial charge >= 0.3 is 5.97 Å². The van der Waals surface area contributed by atoms with Gasteiger partial charge in [0.2, 0.25) is 0 Å². The molecule has 6 heteroatoms. The van der Waals surface area contributed by atoms with Crippen LogP contribution in [0.3, 0.4) is 0 Å². The number of guanidine groups is 1. The Bertz CT molecular complexity index is 999. The minimum absolute atomic E-state index is 0.00107. The summed E-state index contributed by atoms with van der Waals surface area (Å²) < 4.78 is 5.93. The molecule has 148 valence electrons. The summed E-state index contributed by atoms with van der Waals surface area (Å²) >= 11 is 0. The number of nitrogens with two attached hydrogens (primary N) is 2. The van der Waals surface area contributed by atoms with Crippen LogP contribution in [0.5, 0.6) is 5.75 Å². The first-order valence-corrected chi connectivity index (χ1v) is 9.19. The monoisotopic (exact) mass is 389 g/mol. The topological polar surface area (TPSA) is 111 Å². The Balaban J connectivity index is 1.78. The third-order valence-electron chi connectivity index (χ3n) is 4.42. The molecule has 5 N–H and O–H groups in total. The molecule has 0 radical (unpaired) electrons. The number of rotatable bonds is 8. The van der Waals surface area contributed by atoms with Gasteiger partial charge in [0.15, 0.2) is 5.96 Å². The minimum Gasteiger partial charge on any atom is -0.489 e. The summed E-state index contributed by atoms with van der Waals surface area (Å²) in [5.41, 5.74) is 14.3. The fourth-order valence-corrected chi connectivity index (χ4v) is 3.14. The van der Waals surface area contributed by atoms with Crippen LogP contribution >= 0.6 is 0 Å². The molecule has 3 rings (SSSR count). The number of hydrogen-bond donors (Lipinski definition) is 3. The van der Waals surface area contributed by atoms with Crippen molar-refractivity contribution >= 4 is 17.6 Å². The number of aliphatic carboxylic acids is 1. The summed E-state index contributed by atoms with van der Waals surface area (Å²) in [5, 5.41) is 9.36. The van der Waals surface area contributed by atoms with Gasteiger partial charge in [0.05, 0.1) is 12.1 Å². The quantitative estimate of drug-likeness (QED) is 0.401. The van der Waals surface area contributed by atoms with Gasteiger partial charge in [-0.2, -0.15) is 0 Å². The van der Waals surface area contributed by atoms with Gasteiger partial charge in [0.25, 0.3) is 0 Å². The smallest absolute Gasteiger partial charge is 0.304 e. The van der Waals surface area contributed by atoms with Crippen molar-refractivity contribution in [2.75, 3.05) is 0 Å². The second-order valence-corrected chi connectivity index (χ2v) is 6.63. The maximum Gasteiger partial charge on any atom is 0.304 e. The first-order valence-electron chi connectivity index (χ1n) is 9.19. The molecular formula is C23H23N3O3. The highest BCUT2D eigenvalue weighted by atomic mass is 16.5. The predicted octanol–water partition coefficient (Wildman–Crippen LogP) is 3.78. The number of hydrogen-bond acceptors (Lipinski definition) is 3. The van der Waals surface area contributed by atoms with Gasteiger partial charge < -0.3 is 21.3 Å². The van der Waals surface area contributed by atoms with E-state index in [-0.39, 0.29) is 18.3 Å². The minimum atomic E-state index is -0.846. The molecule has 1 atom stereocenters. The number of carboxylic acid groups (broad SMARTS) is 1. The molecule has 0 bridgehead atoms. The van der Waals surface area contributed by atoms with E-state index in [1.54, 1.807) is 6.07 Å². The van der Waals surface area contributed by atoms with E-state index in [4.69, 9.17) is 16.2 Å². The van der Waals surface area contributed by atoms with Crippen LogP contribution in [0.4, 0.5) is 5.69 Å². The number of benzene rings is 3. The van der Waals surface area contributed by atoms with Gasteiger partial charge in [-0.3, -0.25) is 4.79 Å². The summed E-state index contributed by atoms with van der Waals surface area (Å²) in [4.78, 5) is 15.4. The second kappa shape index (κ2) is 9.41. The summed E-state index contributed by atoms with van der Waals surface area (Å²) in [6.07, 6.45) is 0.00796. The van der Waals surface area contributed by atoms with Crippen LogP contribution in [0.1, 0.15) is 29.0 Å². The van der Waals surface area contributed by atoms with Crippen LogP contribution in [0.2, 0.25) is 0 Å². The number of carboxylic acids is 1. The molecule has 0 aromatic heterocycles. The highest BCUT2D eigenvalue weighted by Crippen LogP contribution is 2.30. The van der Waals surface area contributed by atoms with E-state index in [0.29, 0.717) is 18.0 Å². The molecule has 0 aliphatic heterocycles. The van der Waals surface area contributed by atoms with Gasteiger partial charge in [-0.25, -0.2) is 4.99 Å². The van der Waals surface area contributed by atoms with Crippen molar-refractivity contribution < 1.29 is 14.6 Å². The molecular weight excluding hydrogens is 366 g/mol. The Morgan fingerprint density at radius 1 is 0.931 bits per heavy atom. The lowest BCUT2D eigenvalue weighted by Crippen LogP contribution is -2.21. The Hall–Kier alpha value is -3.80. The van der Waals surface area contributed by atoms with Crippen molar-refractivity contribution in [1.29, 1.82) is 0 Å². The SMILES string of the molecule is NC(N)=Nc1cccc(COc2cccc(C(CC(=O)O)c3ccccc3)c2)c1. The van der Waals surface area contributed by atoms with E-state index >= 15 is 0 Å². The van der Waals surface area contributed by atoms with Crippen molar-refractivity contribution in [2.45, 2.75) is 18.9 Å². The average molecular weight is 389 g/mol. The Morgan fingerprint density at radius 2 is 1.66 bits per heavy atom. The number of nitrogens with zero attached hydrogens (tertiary/aromatic N) is 1. The van der Waals surface area contributed by atoms with Crippen LogP contribution in [-0.4, -0.2) is 17.0 Å². The van der Waals surface area contributed by atoms with Gasteiger partial charge in [-0.1, -0.05) is 54.6 Å². The van der Waals surface area contributed by atoms with E-state index in [9.17, 15) is 9.90 Å². The largest absolute Gasteiger partial charge is 0.489 e. The third-order valence-corrected chi connectivity index (χ3v) is 4.42. The average Bonchev–Trinajstić information content (AvgIpc) is 2.71. The molecule has 0 amide bonds. The Labute approximate surface area is 169 Å². The predicted molar refractivity (Wildman–Crippen MR) is 113 cm³/mol. The first-order chi connectivity index (χ1) is 14.0.